The van der Waals surface area contributed by atoms with Crippen LogP contribution in [0.2, 0.25) is 0 Å². The van der Waals surface area contributed by atoms with Crippen molar-refractivity contribution in [3.8, 4) is 11.5 Å². The van der Waals surface area contributed by atoms with E-state index in [1.807, 2.05) is 0 Å². The van der Waals surface area contributed by atoms with Gasteiger partial charge in [0.2, 0.25) is 0 Å². The Morgan fingerprint density at radius 3 is 2.62 bits per heavy atom. The maximum Gasteiger partial charge on any atom is 0.255 e. The van der Waals surface area contributed by atoms with Crippen molar-refractivity contribution in [2.45, 2.75) is 13.0 Å². The second kappa shape index (κ2) is 8.79. The number of rotatable bonds is 5. The second-order valence-corrected chi connectivity index (χ2v) is 7.53. The van der Waals surface area contributed by atoms with Crippen molar-refractivity contribution in [1.82, 2.24) is 10.6 Å². The van der Waals surface area contributed by atoms with Crippen molar-refractivity contribution in [1.29, 1.82) is 0 Å². The molecule has 29 heavy (non-hydrogen) atoms. The first-order valence-electron chi connectivity index (χ1n) is 8.60. The van der Waals surface area contributed by atoms with Crippen LogP contribution < -0.4 is 25.4 Å². The molecule has 0 saturated carbocycles. The Morgan fingerprint density at radius 1 is 1.21 bits per heavy atom. The van der Waals surface area contributed by atoms with Crippen LogP contribution >= 0.6 is 28.1 Å². The number of hydrogen-bond donors (Lipinski definition) is 3. The summed E-state index contributed by atoms with van der Waals surface area (Å²) in [7, 11) is 3.06. The molecule has 2 aromatic rings. The summed E-state index contributed by atoms with van der Waals surface area (Å²) in [6.07, 6.45) is 0. The van der Waals surface area contributed by atoms with Gasteiger partial charge in [-0.05, 0) is 64.9 Å². The number of anilines is 1. The van der Waals surface area contributed by atoms with E-state index in [0.717, 1.165) is 0 Å². The molecule has 1 unspecified atom stereocenters. The van der Waals surface area contributed by atoms with Crippen LogP contribution in [0.1, 0.15) is 18.5 Å². The van der Waals surface area contributed by atoms with E-state index in [9.17, 15) is 9.18 Å². The number of ether oxygens (including phenoxy) is 2. The molecule has 152 valence electrons. The quantitative estimate of drug-likeness (QED) is 0.562. The van der Waals surface area contributed by atoms with Crippen LogP contribution in [0.25, 0.3) is 0 Å². The Morgan fingerprint density at radius 2 is 1.97 bits per heavy atom. The lowest BCUT2D eigenvalue weighted by molar-refractivity contribution is -0.113. The van der Waals surface area contributed by atoms with Crippen LogP contribution in [0.5, 0.6) is 11.5 Å². The highest BCUT2D eigenvalue weighted by molar-refractivity contribution is 9.10. The third-order valence-electron chi connectivity index (χ3n) is 4.45. The van der Waals surface area contributed by atoms with Crippen molar-refractivity contribution in [3.63, 3.8) is 0 Å². The molecule has 2 aromatic carbocycles. The summed E-state index contributed by atoms with van der Waals surface area (Å²) in [6, 6.07) is 9.12. The van der Waals surface area contributed by atoms with E-state index in [0.29, 0.717) is 43.6 Å². The van der Waals surface area contributed by atoms with E-state index >= 15 is 0 Å². The molecule has 1 heterocycles. The summed E-state index contributed by atoms with van der Waals surface area (Å²) in [5, 5.41) is 9.30. The van der Waals surface area contributed by atoms with E-state index in [2.05, 4.69) is 31.9 Å². The fourth-order valence-electron chi connectivity index (χ4n) is 3.03. The van der Waals surface area contributed by atoms with Gasteiger partial charge >= 0.3 is 0 Å². The molecular formula is C20H19BrFN3O3S. The highest BCUT2D eigenvalue weighted by atomic mass is 79.9. The first-order valence-corrected chi connectivity index (χ1v) is 9.80. The molecule has 0 radical (unpaired) electrons. The van der Waals surface area contributed by atoms with Crippen molar-refractivity contribution < 1.29 is 18.7 Å². The molecule has 1 amide bonds. The second-order valence-electron chi connectivity index (χ2n) is 6.26. The lowest BCUT2D eigenvalue weighted by Crippen LogP contribution is -2.45. The first-order chi connectivity index (χ1) is 13.8. The molecule has 0 aliphatic carbocycles. The predicted molar refractivity (Wildman–Crippen MR) is 117 cm³/mol. The highest BCUT2D eigenvalue weighted by Gasteiger charge is 2.30. The Hall–Kier alpha value is -2.65. The molecule has 9 heteroatoms. The van der Waals surface area contributed by atoms with Gasteiger partial charge in [0.25, 0.3) is 5.91 Å². The van der Waals surface area contributed by atoms with Gasteiger partial charge in [0, 0.05) is 11.8 Å². The van der Waals surface area contributed by atoms with Crippen LogP contribution in [0, 0.1) is 5.82 Å². The van der Waals surface area contributed by atoms with E-state index < -0.39 is 6.04 Å². The highest BCUT2D eigenvalue weighted by Crippen LogP contribution is 2.33. The zero-order chi connectivity index (χ0) is 21.1. The summed E-state index contributed by atoms with van der Waals surface area (Å²) in [6.45, 7) is 1.76. The van der Waals surface area contributed by atoms with Gasteiger partial charge in [-0.15, -0.1) is 0 Å². The predicted octanol–water partition coefficient (Wildman–Crippen LogP) is 4.04. The molecule has 3 N–H and O–H groups in total. The lowest BCUT2D eigenvalue weighted by atomic mass is 9.95. The summed E-state index contributed by atoms with van der Waals surface area (Å²) < 4.78 is 24.5. The van der Waals surface area contributed by atoms with E-state index in [-0.39, 0.29) is 11.7 Å². The molecule has 1 aliphatic heterocycles. The maximum absolute atomic E-state index is 13.7. The van der Waals surface area contributed by atoms with Gasteiger partial charge in [-0.2, -0.15) is 0 Å². The van der Waals surface area contributed by atoms with Gasteiger partial charge in [-0.1, -0.05) is 6.07 Å². The fraction of sp³-hybridized carbons (Fsp3) is 0.200. The third kappa shape index (κ3) is 4.51. The largest absolute Gasteiger partial charge is 0.497 e. The molecule has 0 bridgehead atoms. The van der Waals surface area contributed by atoms with Crippen LogP contribution in [0.3, 0.4) is 0 Å². The van der Waals surface area contributed by atoms with Gasteiger partial charge < -0.3 is 25.4 Å². The number of allylic oxidation sites excluding steroid dienone is 1. The number of halogens is 2. The Bertz CT molecular complexity index is 1010. The number of hydrogen-bond acceptors (Lipinski definition) is 4. The maximum atomic E-state index is 13.7. The van der Waals surface area contributed by atoms with Crippen molar-refractivity contribution in [3.05, 3.63) is 63.5 Å². The number of benzene rings is 2. The van der Waals surface area contributed by atoms with E-state index in [1.165, 1.54) is 13.2 Å². The number of carbonyl (C=O) groups excluding carboxylic acids is 1. The monoisotopic (exact) mass is 479 g/mol. The molecule has 0 spiro atoms. The van der Waals surface area contributed by atoms with Gasteiger partial charge in [0.15, 0.2) is 5.11 Å². The SMILES string of the molecule is COc1ccc(NC(=O)C2=C(C)NC(=S)NC2c2ccc(F)c(Br)c2)c(OC)c1. The zero-order valence-corrected chi connectivity index (χ0v) is 18.3. The summed E-state index contributed by atoms with van der Waals surface area (Å²) in [5.74, 6) is 0.332. The molecule has 1 atom stereocenters. The average Bonchev–Trinajstić information content (AvgIpc) is 2.69. The van der Waals surface area contributed by atoms with E-state index in [1.54, 1.807) is 44.4 Å². The van der Waals surface area contributed by atoms with Crippen molar-refractivity contribution in [2.75, 3.05) is 19.5 Å². The molecule has 0 aromatic heterocycles. The molecule has 3 rings (SSSR count). The Kier molecular flexibility index (Phi) is 6.39. The van der Waals surface area contributed by atoms with Crippen molar-refractivity contribution >= 4 is 44.9 Å². The fourth-order valence-corrected chi connectivity index (χ4v) is 3.70. The minimum Gasteiger partial charge on any atom is -0.497 e. The molecule has 0 saturated heterocycles. The topological polar surface area (TPSA) is 71.6 Å². The molecule has 6 nitrogen and oxygen atoms in total. The zero-order valence-electron chi connectivity index (χ0n) is 15.9. The number of methoxy groups -OCH3 is 2. The normalized spacial score (nSPS) is 16.0. The van der Waals surface area contributed by atoms with Gasteiger partial charge in [-0.25, -0.2) is 4.39 Å². The van der Waals surface area contributed by atoms with Crippen LogP contribution in [0.15, 0.2) is 52.1 Å². The average molecular weight is 480 g/mol. The van der Waals surface area contributed by atoms with Gasteiger partial charge in [-0.3, -0.25) is 4.79 Å². The first kappa shape index (κ1) is 21.1. The molecular weight excluding hydrogens is 461 g/mol. The summed E-state index contributed by atoms with van der Waals surface area (Å²) in [5.41, 5.74) is 2.21. The van der Waals surface area contributed by atoms with Crippen LogP contribution in [0.4, 0.5) is 10.1 Å². The number of amides is 1. The Balaban J connectivity index is 1.97. The summed E-state index contributed by atoms with van der Waals surface area (Å²) in [4.78, 5) is 13.2. The van der Waals surface area contributed by atoms with Gasteiger partial charge in [0.05, 0.1) is 36.0 Å². The molecule has 0 fully saturated rings. The van der Waals surface area contributed by atoms with Crippen molar-refractivity contribution in [2.24, 2.45) is 0 Å². The number of thiocarbonyl (C=S) groups is 1. The third-order valence-corrected chi connectivity index (χ3v) is 5.28. The number of nitrogens with one attached hydrogen (secondary N) is 3. The summed E-state index contributed by atoms with van der Waals surface area (Å²) >= 11 is 8.44. The smallest absolute Gasteiger partial charge is 0.255 e. The Labute approximate surface area is 181 Å². The van der Waals surface area contributed by atoms with E-state index in [4.69, 9.17) is 21.7 Å². The molecule has 1 aliphatic rings. The van der Waals surface area contributed by atoms with Gasteiger partial charge in [0.1, 0.15) is 17.3 Å². The minimum atomic E-state index is -0.551. The lowest BCUT2D eigenvalue weighted by Gasteiger charge is -2.30. The van der Waals surface area contributed by atoms with Crippen LogP contribution in [-0.2, 0) is 4.79 Å². The number of carbonyl (C=O) groups is 1. The standard InChI is InChI=1S/C20H19BrFN3O3S/c1-10-17(19(26)24-15-7-5-12(27-2)9-16(15)28-3)18(25-20(29)23-10)11-4-6-14(22)13(21)8-11/h4-9,18H,1-3H3,(H,24,26)(H2,23,25,29). The minimum absolute atomic E-state index is 0.301. The van der Waals surface area contributed by atoms with Crippen LogP contribution in [-0.4, -0.2) is 25.2 Å².